The summed E-state index contributed by atoms with van der Waals surface area (Å²) < 4.78 is 11.1. The summed E-state index contributed by atoms with van der Waals surface area (Å²) in [5.74, 6) is -0.797. The molecular formula is C17H19Cl2N3O3. The first-order chi connectivity index (χ1) is 11.8. The average Bonchev–Trinajstić information content (AvgIpc) is 2.87. The number of aromatic nitrogens is 2. The van der Waals surface area contributed by atoms with Crippen molar-refractivity contribution in [2.75, 3.05) is 0 Å². The van der Waals surface area contributed by atoms with Crippen molar-refractivity contribution in [1.29, 1.82) is 0 Å². The summed E-state index contributed by atoms with van der Waals surface area (Å²) in [4.78, 5) is 20.3. The van der Waals surface area contributed by atoms with Gasteiger partial charge in [-0.2, -0.15) is 4.98 Å². The molecule has 1 aromatic heterocycles. The van der Waals surface area contributed by atoms with E-state index in [1.165, 1.54) is 6.33 Å². The summed E-state index contributed by atoms with van der Waals surface area (Å²) in [6.07, 6.45) is 1.26. The number of halogens is 2. The maximum absolute atomic E-state index is 12.4. The normalized spacial score (nSPS) is 13.7. The molecule has 1 aromatic carbocycles. The van der Waals surface area contributed by atoms with Gasteiger partial charge in [-0.05, 0) is 23.8 Å². The lowest BCUT2D eigenvalue weighted by Gasteiger charge is -2.15. The molecule has 0 bridgehead atoms. The van der Waals surface area contributed by atoms with Gasteiger partial charge in [0.1, 0.15) is 6.33 Å². The zero-order valence-corrected chi connectivity index (χ0v) is 15.9. The van der Waals surface area contributed by atoms with Crippen LogP contribution in [0.5, 0.6) is 11.6 Å². The number of hydrogen-bond acceptors (Lipinski definition) is 5. The lowest BCUT2D eigenvalue weighted by Crippen LogP contribution is -2.30. The van der Waals surface area contributed by atoms with Crippen LogP contribution in [0.15, 0.2) is 24.5 Å². The van der Waals surface area contributed by atoms with E-state index in [1.54, 1.807) is 32.0 Å². The number of rotatable bonds is 3. The number of nitrogens with zero attached hydrogens (tertiary/aromatic N) is 2. The quantitative estimate of drug-likeness (QED) is 0.857. The molecule has 8 heteroatoms. The number of fused-ring (bicyclic) bond motifs is 1. The predicted molar refractivity (Wildman–Crippen MR) is 96.3 cm³/mol. The molecule has 1 aliphatic rings. The highest BCUT2D eigenvalue weighted by Crippen LogP contribution is 2.38. The second-order valence-corrected chi connectivity index (χ2v) is 6.29. The van der Waals surface area contributed by atoms with Crippen molar-refractivity contribution in [1.82, 2.24) is 15.3 Å². The van der Waals surface area contributed by atoms with Gasteiger partial charge >= 0.3 is 0 Å². The summed E-state index contributed by atoms with van der Waals surface area (Å²) in [6.45, 7) is 7.71. The van der Waals surface area contributed by atoms with E-state index < -0.39 is 11.7 Å². The van der Waals surface area contributed by atoms with Crippen LogP contribution < -0.4 is 14.8 Å². The van der Waals surface area contributed by atoms with E-state index >= 15 is 0 Å². The highest BCUT2D eigenvalue weighted by atomic mass is 35.5. The highest BCUT2D eigenvalue weighted by Gasteiger charge is 2.36. The molecule has 1 N–H and O–H groups in total. The van der Waals surface area contributed by atoms with E-state index in [1.807, 2.05) is 13.8 Å². The smallest absolute Gasteiger partial charge is 0.274 e. The maximum Gasteiger partial charge on any atom is 0.274 e. The Morgan fingerprint density at radius 1 is 1.12 bits per heavy atom. The van der Waals surface area contributed by atoms with E-state index in [9.17, 15) is 4.79 Å². The minimum absolute atomic E-state index is 0.119. The SMILES string of the molecule is CC.CC1(C)Oc2ncnc(C(=O)NCc3cc(Cl)cc(Cl)c3)c2O1. The van der Waals surface area contributed by atoms with Crippen molar-refractivity contribution in [3.63, 3.8) is 0 Å². The van der Waals surface area contributed by atoms with Crippen molar-refractivity contribution < 1.29 is 14.3 Å². The van der Waals surface area contributed by atoms with E-state index in [0.29, 0.717) is 10.0 Å². The van der Waals surface area contributed by atoms with E-state index in [2.05, 4.69) is 15.3 Å². The first-order valence-corrected chi connectivity index (χ1v) is 8.56. The van der Waals surface area contributed by atoms with Crippen LogP contribution in [0, 0.1) is 0 Å². The van der Waals surface area contributed by atoms with E-state index in [0.717, 1.165) is 5.56 Å². The third-order valence-corrected chi connectivity index (χ3v) is 3.49. The summed E-state index contributed by atoms with van der Waals surface area (Å²) >= 11 is 11.9. The zero-order chi connectivity index (χ0) is 18.6. The zero-order valence-electron chi connectivity index (χ0n) is 14.4. The number of amides is 1. The Balaban J connectivity index is 0.00000109. The second kappa shape index (κ2) is 7.89. The van der Waals surface area contributed by atoms with Crippen LogP contribution in [0.2, 0.25) is 10.0 Å². The Kier molecular flexibility index (Phi) is 6.08. The van der Waals surface area contributed by atoms with Gasteiger partial charge in [-0.3, -0.25) is 4.79 Å². The van der Waals surface area contributed by atoms with Crippen LogP contribution in [-0.2, 0) is 6.54 Å². The monoisotopic (exact) mass is 383 g/mol. The molecule has 2 aromatic rings. The number of carbonyl (C=O) groups excluding carboxylic acids is 1. The molecule has 0 saturated carbocycles. The van der Waals surface area contributed by atoms with Crippen LogP contribution in [0.1, 0.15) is 43.7 Å². The molecule has 3 rings (SSSR count). The van der Waals surface area contributed by atoms with Gasteiger partial charge < -0.3 is 14.8 Å². The van der Waals surface area contributed by atoms with Crippen LogP contribution in [-0.4, -0.2) is 21.7 Å². The molecule has 2 heterocycles. The second-order valence-electron chi connectivity index (χ2n) is 5.42. The Morgan fingerprint density at radius 3 is 2.40 bits per heavy atom. The van der Waals surface area contributed by atoms with Gasteiger partial charge in [-0.1, -0.05) is 37.0 Å². The van der Waals surface area contributed by atoms with Gasteiger partial charge in [0, 0.05) is 30.4 Å². The Hall–Kier alpha value is -2.05. The minimum atomic E-state index is -0.881. The van der Waals surface area contributed by atoms with Crippen LogP contribution in [0.4, 0.5) is 0 Å². The maximum atomic E-state index is 12.4. The van der Waals surface area contributed by atoms with E-state index in [4.69, 9.17) is 32.7 Å². The molecule has 6 nitrogen and oxygen atoms in total. The molecule has 0 unspecified atom stereocenters. The molecule has 25 heavy (non-hydrogen) atoms. The van der Waals surface area contributed by atoms with Gasteiger partial charge in [-0.25, -0.2) is 4.98 Å². The number of nitrogens with one attached hydrogen (secondary N) is 1. The third-order valence-electron chi connectivity index (χ3n) is 3.05. The van der Waals surface area contributed by atoms with Crippen LogP contribution in [0.3, 0.4) is 0 Å². The summed E-state index contributed by atoms with van der Waals surface area (Å²) in [7, 11) is 0. The van der Waals surface area contributed by atoms with Crippen molar-refractivity contribution in [3.8, 4) is 11.6 Å². The summed E-state index contributed by atoms with van der Waals surface area (Å²) in [6, 6.07) is 5.07. The first kappa shape index (κ1) is 19.3. The number of carbonyl (C=O) groups is 1. The largest absolute Gasteiger partial charge is 0.445 e. The topological polar surface area (TPSA) is 73.3 Å². The first-order valence-electron chi connectivity index (χ1n) is 7.80. The summed E-state index contributed by atoms with van der Waals surface area (Å²) in [5.41, 5.74) is 0.896. The van der Waals surface area contributed by atoms with Gasteiger partial charge in [0.05, 0.1) is 0 Å². The Morgan fingerprint density at radius 2 is 1.76 bits per heavy atom. The van der Waals surface area contributed by atoms with Crippen molar-refractivity contribution in [2.45, 2.75) is 40.0 Å². The lowest BCUT2D eigenvalue weighted by atomic mass is 10.2. The molecule has 1 amide bonds. The molecule has 1 aliphatic heterocycles. The number of hydrogen-bond donors (Lipinski definition) is 1. The summed E-state index contributed by atoms with van der Waals surface area (Å²) in [5, 5.41) is 3.75. The highest BCUT2D eigenvalue weighted by molar-refractivity contribution is 6.34. The number of benzene rings is 1. The fraction of sp³-hybridized carbons (Fsp3) is 0.353. The lowest BCUT2D eigenvalue weighted by molar-refractivity contribution is -0.0450. The third kappa shape index (κ3) is 4.74. The molecule has 0 saturated heterocycles. The molecule has 0 aliphatic carbocycles. The fourth-order valence-electron chi connectivity index (χ4n) is 2.16. The van der Waals surface area contributed by atoms with Crippen molar-refractivity contribution >= 4 is 29.1 Å². The van der Waals surface area contributed by atoms with Crippen LogP contribution in [0.25, 0.3) is 0 Å². The van der Waals surface area contributed by atoms with Gasteiger partial charge in [0.15, 0.2) is 5.69 Å². The van der Waals surface area contributed by atoms with E-state index in [-0.39, 0.29) is 23.9 Å². The van der Waals surface area contributed by atoms with Crippen molar-refractivity contribution in [2.24, 2.45) is 0 Å². The van der Waals surface area contributed by atoms with Gasteiger partial charge in [-0.15, -0.1) is 0 Å². The standard InChI is InChI=1S/C15H13Cl2N3O3.C2H6/c1-15(2)22-12-11(19-7-20-14(12)23-15)13(21)18-6-8-3-9(16)5-10(17)4-8;1-2/h3-5,7H,6H2,1-2H3,(H,18,21);1-2H3. The molecule has 0 spiro atoms. The molecule has 0 fully saturated rings. The molecule has 0 radical (unpaired) electrons. The number of ether oxygens (including phenoxy) is 2. The van der Waals surface area contributed by atoms with Crippen molar-refractivity contribution in [3.05, 3.63) is 45.8 Å². The predicted octanol–water partition coefficient (Wildman–Crippen LogP) is 4.25. The fourth-order valence-corrected chi connectivity index (χ4v) is 2.73. The van der Waals surface area contributed by atoms with Gasteiger partial charge in [0.2, 0.25) is 11.5 Å². The average molecular weight is 384 g/mol. The molecule has 134 valence electrons. The molecule has 0 atom stereocenters. The minimum Gasteiger partial charge on any atom is -0.445 e. The Bertz CT molecular complexity index is 761. The Labute approximate surface area is 156 Å². The van der Waals surface area contributed by atoms with Gasteiger partial charge in [0.25, 0.3) is 11.8 Å². The molecular weight excluding hydrogens is 365 g/mol. The van der Waals surface area contributed by atoms with Crippen LogP contribution >= 0.6 is 23.2 Å².